The Labute approximate surface area is 180 Å². The van der Waals surface area contributed by atoms with Crippen LogP contribution in [0.4, 0.5) is 10.7 Å². The van der Waals surface area contributed by atoms with Gasteiger partial charge in [-0.3, -0.25) is 14.5 Å². The van der Waals surface area contributed by atoms with Crippen molar-refractivity contribution >= 4 is 33.8 Å². The van der Waals surface area contributed by atoms with Crippen LogP contribution in [0.1, 0.15) is 35.8 Å². The van der Waals surface area contributed by atoms with Gasteiger partial charge in [-0.25, -0.2) is 0 Å². The van der Waals surface area contributed by atoms with Gasteiger partial charge in [-0.2, -0.15) is 5.26 Å². The number of hydrogen-bond acceptors (Lipinski definition) is 6. The molecule has 2 N–H and O–H groups in total. The van der Waals surface area contributed by atoms with E-state index < -0.39 is 0 Å². The second-order valence-corrected chi connectivity index (χ2v) is 8.22. The predicted octanol–water partition coefficient (Wildman–Crippen LogP) is 3.41. The zero-order valence-electron chi connectivity index (χ0n) is 17.3. The normalized spacial score (nSPS) is 12.3. The second-order valence-electron chi connectivity index (χ2n) is 7.12. The summed E-state index contributed by atoms with van der Waals surface area (Å²) < 4.78 is 5.11. The molecular weight excluding hydrogens is 400 g/mol. The largest absolute Gasteiger partial charge is 0.497 e. The zero-order valence-corrected chi connectivity index (χ0v) is 18.1. The van der Waals surface area contributed by atoms with Gasteiger partial charge in [-0.05, 0) is 55.6 Å². The molecule has 0 saturated heterocycles. The molecule has 2 amide bonds. The van der Waals surface area contributed by atoms with Crippen LogP contribution in [0.3, 0.4) is 0 Å². The van der Waals surface area contributed by atoms with Crippen molar-refractivity contribution in [1.29, 1.82) is 5.26 Å². The minimum Gasteiger partial charge on any atom is -0.497 e. The summed E-state index contributed by atoms with van der Waals surface area (Å²) in [6.45, 7) is 3.27. The van der Waals surface area contributed by atoms with E-state index in [-0.39, 0.29) is 24.8 Å². The minimum atomic E-state index is -0.138. The molecule has 30 heavy (non-hydrogen) atoms. The predicted molar refractivity (Wildman–Crippen MR) is 118 cm³/mol. The van der Waals surface area contributed by atoms with Crippen molar-refractivity contribution in [2.75, 3.05) is 37.4 Å². The number of hydrogen-bond donors (Lipinski definition) is 2. The van der Waals surface area contributed by atoms with Crippen LogP contribution >= 0.6 is 11.3 Å². The fourth-order valence-corrected chi connectivity index (χ4v) is 4.74. The van der Waals surface area contributed by atoms with Crippen LogP contribution in [0.15, 0.2) is 24.3 Å². The molecule has 0 aliphatic heterocycles. The first kappa shape index (κ1) is 21.8. The molecule has 0 unspecified atom stereocenters. The monoisotopic (exact) mass is 426 g/mol. The highest BCUT2D eigenvalue weighted by molar-refractivity contribution is 7.16. The molecule has 0 saturated carbocycles. The number of likely N-dealkylation sites (N-methyl/N-ethyl adjacent to an activating group) is 1. The zero-order chi connectivity index (χ0) is 21.5. The van der Waals surface area contributed by atoms with Crippen LogP contribution in [0.2, 0.25) is 0 Å². The molecule has 7 nitrogen and oxygen atoms in total. The first-order chi connectivity index (χ1) is 14.5. The number of ether oxygens (including phenoxy) is 1. The van der Waals surface area contributed by atoms with E-state index in [9.17, 15) is 14.9 Å². The van der Waals surface area contributed by atoms with Crippen LogP contribution in [0, 0.1) is 11.3 Å². The number of nitrogens with one attached hydrogen (secondary N) is 2. The van der Waals surface area contributed by atoms with E-state index in [0.29, 0.717) is 29.3 Å². The van der Waals surface area contributed by atoms with Crippen LogP contribution in [-0.2, 0) is 22.4 Å². The Morgan fingerprint density at radius 3 is 2.63 bits per heavy atom. The van der Waals surface area contributed by atoms with Crippen molar-refractivity contribution in [3.63, 3.8) is 0 Å². The third-order valence-electron chi connectivity index (χ3n) is 5.13. The van der Waals surface area contributed by atoms with Crippen LogP contribution in [0.25, 0.3) is 0 Å². The van der Waals surface area contributed by atoms with E-state index in [1.54, 1.807) is 31.4 Å². The molecule has 158 valence electrons. The van der Waals surface area contributed by atoms with Gasteiger partial charge in [0.15, 0.2) is 0 Å². The fraction of sp³-hybridized carbons (Fsp3) is 0.409. The molecule has 3 rings (SSSR count). The molecular formula is C22H26N4O3S. The van der Waals surface area contributed by atoms with Gasteiger partial charge in [0.25, 0.3) is 0 Å². The summed E-state index contributed by atoms with van der Waals surface area (Å²) in [6.07, 6.45) is 3.24. The third-order valence-corrected chi connectivity index (χ3v) is 6.34. The van der Waals surface area contributed by atoms with Gasteiger partial charge >= 0.3 is 0 Å². The Balaban J connectivity index is 1.48. The van der Waals surface area contributed by atoms with Crippen molar-refractivity contribution < 1.29 is 14.3 Å². The van der Waals surface area contributed by atoms with E-state index in [4.69, 9.17) is 4.74 Å². The lowest BCUT2D eigenvalue weighted by Gasteiger charge is -2.19. The van der Waals surface area contributed by atoms with Crippen molar-refractivity contribution in [3.8, 4) is 11.8 Å². The number of amides is 2. The minimum absolute atomic E-state index is 0.135. The molecule has 2 aromatic rings. The van der Waals surface area contributed by atoms with E-state index in [0.717, 1.165) is 30.6 Å². The molecule has 0 bridgehead atoms. The SMILES string of the molecule is CCN(CCC(=O)Nc1sc2c(c1C#N)CCC2)CC(=O)Nc1ccc(OC)cc1. The van der Waals surface area contributed by atoms with Crippen molar-refractivity contribution in [2.45, 2.75) is 32.6 Å². The first-order valence-corrected chi connectivity index (χ1v) is 10.9. The number of methoxy groups -OCH3 is 1. The Bertz CT molecular complexity index is 947. The maximum Gasteiger partial charge on any atom is 0.238 e. The van der Waals surface area contributed by atoms with Gasteiger partial charge in [0, 0.05) is 23.5 Å². The first-order valence-electron chi connectivity index (χ1n) is 10.0. The summed E-state index contributed by atoms with van der Waals surface area (Å²) in [5.41, 5.74) is 2.42. The van der Waals surface area contributed by atoms with Crippen LogP contribution in [0.5, 0.6) is 5.75 Å². The smallest absolute Gasteiger partial charge is 0.238 e. The quantitative estimate of drug-likeness (QED) is 0.641. The summed E-state index contributed by atoms with van der Waals surface area (Å²) in [6, 6.07) is 9.38. The fourth-order valence-electron chi connectivity index (χ4n) is 3.49. The van der Waals surface area contributed by atoms with Crippen LogP contribution < -0.4 is 15.4 Å². The lowest BCUT2D eigenvalue weighted by Crippen LogP contribution is -2.35. The summed E-state index contributed by atoms with van der Waals surface area (Å²) in [5, 5.41) is 15.8. The Morgan fingerprint density at radius 1 is 1.20 bits per heavy atom. The number of nitrogens with zero attached hydrogens (tertiary/aromatic N) is 2. The van der Waals surface area contributed by atoms with E-state index >= 15 is 0 Å². The standard InChI is InChI=1S/C22H26N4O3S/c1-3-26(14-21(28)24-15-7-9-16(29-2)10-8-15)12-11-20(27)25-22-18(13-23)17-5-4-6-19(17)30-22/h7-10H,3-6,11-12,14H2,1-2H3,(H,24,28)(H,25,27). The summed E-state index contributed by atoms with van der Waals surface area (Å²) in [5.74, 6) is 0.453. The Hall–Kier alpha value is -2.89. The van der Waals surface area contributed by atoms with Crippen LogP contribution in [-0.4, -0.2) is 43.5 Å². The number of fused-ring (bicyclic) bond motifs is 1. The van der Waals surface area contributed by atoms with Crippen molar-refractivity contribution in [3.05, 3.63) is 40.3 Å². The molecule has 8 heteroatoms. The number of thiophene rings is 1. The summed E-state index contributed by atoms with van der Waals surface area (Å²) in [7, 11) is 1.59. The molecule has 1 aliphatic carbocycles. The van der Waals surface area contributed by atoms with E-state index in [2.05, 4.69) is 16.7 Å². The van der Waals surface area contributed by atoms with Gasteiger partial charge in [0.05, 0.1) is 19.2 Å². The lowest BCUT2D eigenvalue weighted by molar-refractivity contribution is -0.119. The van der Waals surface area contributed by atoms with E-state index in [1.807, 2.05) is 11.8 Å². The number of benzene rings is 1. The average molecular weight is 427 g/mol. The van der Waals surface area contributed by atoms with Crippen molar-refractivity contribution in [1.82, 2.24) is 4.90 Å². The van der Waals surface area contributed by atoms with Gasteiger partial charge in [-0.1, -0.05) is 6.92 Å². The van der Waals surface area contributed by atoms with Crippen molar-refractivity contribution in [2.24, 2.45) is 0 Å². The number of rotatable bonds is 9. The molecule has 0 spiro atoms. The molecule has 1 aromatic heterocycles. The van der Waals surface area contributed by atoms with E-state index in [1.165, 1.54) is 16.2 Å². The number of anilines is 2. The van der Waals surface area contributed by atoms with Gasteiger partial charge in [0.2, 0.25) is 11.8 Å². The Morgan fingerprint density at radius 2 is 1.97 bits per heavy atom. The van der Waals surface area contributed by atoms with Gasteiger partial charge in [0.1, 0.15) is 16.8 Å². The van der Waals surface area contributed by atoms with Gasteiger partial charge in [-0.15, -0.1) is 11.3 Å². The lowest BCUT2D eigenvalue weighted by atomic mass is 10.1. The molecule has 0 radical (unpaired) electrons. The molecule has 1 heterocycles. The number of aryl methyl sites for hydroxylation is 1. The average Bonchev–Trinajstić information content (AvgIpc) is 3.32. The summed E-state index contributed by atoms with van der Waals surface area (Å²) >= 11 is 1.51. The third kappa shape index (κ3) is 5.38. The Kier molecular flexibility index (Phi) is 7.44. The second kappa shape index (κ2) is 10.2. The maximum atomic E-state index is 12.4. The summed E-state index contributed by atoms with van der Waals surface area (Å²) in [4.78, 5) is 27.9. The molecule has 1 aliphatic rings. The topological polar surface area (TPSA) is 94.5 Å². The number of carbonyl (C=O) groups is 2. The molecule has 1 aromatic carbocycles. The number of nitriles is 1. The molecule has 0 fully saturated rings. The highest BCUT2D eigenvalue weighted by Crippen LogP contribution is 2.38. The highest BCUT2D eigenvalue weighted by Gasteiger charge is 2.23. The number of carbonyl (C=O) groups excluding carboxylic acids is 2. The highest BCUT2D eigenvalue weighted by atomic mass is 32.1. The maximum absolute atomic E-state index is 12.4. The molecule has 0 atom stereocenters. The van der Waals surface area contributed by atoms with Gasteiger partial charge < -0.3 is 15.4 Å².